The molecule has 72 valence electrons. The van der Waals surface area contributed by atoms with Crippen molar-refractivity contribution in [1.29, 1.82) is 5.41 Å². The molecule has 0 bridgehead atoms. The molecule has 0 radical (unpaired) electrons. The topological polar surface area (TPSA) is 44.1 Å². The minimum atomic E-state index is -0.672. The normalized spacial score (nSPS) is 53.9. The van der Waals surface area contributed by atoms with Crippen molar-refractivity contribution >= 4 is 5.71 Å². The average molecular weight is 179 g/mol. The zero-order valence-electron chi connectivity index (χ0n) is 7.97. The third-order valence-electron chi connectivity index (χ3n) is 4.96. The number of aliphatic hydroxyl groups is 1. The van der Waals surface area contributed by atoms with E-state index in [9.17, 15) is 5.11 Å². The van der Waals surface area contributed by atoms with Gasteiger partial charge in [0, 0.05) is 11.1 Å². The Kier molecular flexibility index (Phi) is 1.33. The summed E-state index contributed by atoms with van der Waals surface area (Å²) >= 11 is 0. The molecule has 13 heavy (non-hydrogen) atoms. The molecule has 0 aromatic heterocycles. The molecule has 2 heteroatoms. The van der Waals surface area contributed by atoms with Gasteiger partial charge in [-0.25, -0.2) is 0 Å². The molecule has 0 saturated heterocycles. The third kappa shape index (κ3) is 0.687. The van der Waals surface area contributed by atoms with Crippen molar-refractivity contribution in [3.8, 4) is 0 Å². The van der Waals surface area contributed by atoms with E-state index >= 15 is 0 Å². The summed E-state index contributed by atoms with van der Waals surface area (Å²) < 4.78 is 0. The van der Waals surface area contributed by atoms with E-state index < -0.39 is 5.60 Å². The van der Waals surface area contributed by atoms with Gasteiger partial charge in [-0.05, 0) is 44.4 Å². The lowest BCUT2D eigenvalue weighted by atomic mass is 9.73. The Hall–Kier alpha value is -0.370. The summed E-state index contributed by atoms with van der Waals surface area (Å²) in [6.45, 7) is 0. The van der Waals surface area contributed by atoms with Crippen molar-refractivity contribution in [2.45, 2.75) is 50.5 Å². The molecule has 3 fully saturated rings. The highest BCUT2D eigenvalue weighted by Gasteiger charge is 2.65. The summed E-state index contributed by atoms with van der Waals surface area (Å²) in [5.74, 6) is 0.736. The molecule has 3 atom stereocenters. The largest absolute Gasteiger partial charge is 0.383 e. The first-order valence-corrected chi connectivity index (χ1v) is 5.49. The maximum atomic E-state index is 10.5. The lowest BCUT2D eigenvalue weighted by molar-refractivity contribution is 0.000484. The predicted octanol–water partition coefficient (Wildman–Crippen LogP) is 2.11. The van der Waals surface area contributed by atoms with Crippen LogP contribution in [0, 0.1) is 16.7 Å². The van der Waals surface area contributed by atoms with Crippen LogP contribution < -0.4 is 0 Å². The Balaban J connectivity index is 2.10. The standard InChI is InChI=1S/C11H17NO/c12-9-4-6-10-5-1-2-8(10)3-7-11(9,10)13/h8,12-13H,1-7H2/t8-,10+,11-/m0/s1. The maximum Gasteiger partial charge on any atom is 0.108 e. The van der Waals surface area contributed by atoms with Crippen LogP contribution in [0.25, 0.3) is 0 Å². The summed E-state index contributed by atoms with van der Waals surface area (Å²) in [5.41, 5.74) is 0.120. The first-order valence-electron chi connectivity index (χ1n) is 5.49. The van der Waals surface area contributed by atoms with Crippen LogP contribution in [0.3, 0.4) is 0 Å². The summed E-state index contributed by atoms with van der Waals surface area (Å²) in [6, 6.07) is 0. The molecule has 3 saturated carbocycles. The van der Waals surface area contributed by atoms with E-state index in [1.165, 1.54) is 25.7 Å². The fourth-order valence-electron chi connectivity index (χ4n) is 4.28. The van der Waals surface area contributed by atoms with Gasteiger partial charge in [-0.2, -0.15) is 0 Å². The van der Waals surface area contributed by atoms with Crippen LogP contribution >= 0.6 is 0 Å². The predicted molar refractivity (Wildman–Crippen MR) is 50.9 cm³/mol. The first-order chi connectivity index (χ1) is 6.19. The molecule has 0 aromatic carbocycles. The molecule has 0 aromatic rings. The molecule has 3 aliphatic carbocycles. The highest BCUT2D eigenvalue weighted by Crippen LogP contribution is 2.65. The molecule has 1 spiro atoms. The molecule has 0 amide bonds. The number of rotatable bonds is 0. The number of hydrogen-bond acceptors (Lipinski definition) is 2. The fraction of sp³-hybridized carbons (Fsp3) is 0.909. The van der Waals surface area contributed by atoms with E-state index in [1.54, 1.807) is 0 Å². The molecule has 2 nitrogen and oxygen atoms in total. The highest BCUT2D eigenvalue weighted by atomic mass is 16.3. The Morgan fingerprint density at radius 1 is 1.23 bits per heavy atom. The van der Waals surface area contributed by atoms with Gasteiger partial charge >= 0.3 is 0 Å². The lowest BCUT2D eigenvalue weighted by Gasteiger charge is -2.36. The van der Waals surface area contributed by atoms with Gasteiger partial charge < -0.3 is 10.5 Å². The monoisotopic (exact) mass is 179 g/mol. The van der Waals surface area contributed by atoms with Crippen molar-refractivity contribution in [2.24, 2.45) is 11.3 Å². The third-order valence-corrected chi connectivity index (χ3v) is 4.96. The second-order valence-corrected chi connectivity index (χ2v) is 5.12. The zero-order chi connectivity index (χ0) is 9.10. The first kappa shape index (κ1) is 7.98. The maximum absolute atomic E-state index is 10.5. The van der Waals surface area contributed by atoms with E-state index in [-0.39, 0.29) is 5.41 Å². The summed E-state index contributed by atoms with van der Waals surface area (Å²) in [6.07, 6.45) is 7.74. The van der Waals surface area contributed by atoms with Crippen LogP contribution in [-0.2, 0) is 0 Å². The van der Waals surface area contributed by atoms with Crippen LogP contribution in [0.2, 0.25) is 0 Å². The molecule has 0 unspecified atom stereocenters. The fourth-order valence-corrected chi connectivity index (χ4v) is 4.28. The smallest absolute Gasteiger partial charge is 0.108 e. The molecule has 3 aliphatic rings. The van der Waals surface area contributed by atoms with Crippen LogP contribution in [0.15, 0.2) is 0 Å². The lowest BCUT2D eigenvalue weighted by Crippen LogP contribution is -2.44. The second kappa shape index (κ2) is 2.17. The van der Waals surface area contributed by atoms with E-state index in [0.29, 0.717) is 5.71 Å². The molecular formula is C11H17NO. The molecular weight excluding hydrogens is 162 g/mol. The van der Waals surface area contributed by atoms with Crippen LogP contribution in [-0.4, -0.2) is 16.4 Å². The number of hydrogen-bond donors (Lipinski definition) is 2. The molecule has 3 rings (SSSR count). The Morgan fingerprint density at radius 2 is 2.08 bits per heavy atom. The minimum absolute atomic E-state index is 0.157. The van der Waals surface area contributed by atoms with E-state index in [1.807, 2.05) is 0 Å². The van der Waals surface area contributed by atoms with Gasteiger partial charge in [0.15, 0.2) is 0 Å². The summed E-state index contributed by atoms with van der Waals surface area (Å²) in [7, 11) is 0. The van der Waals surface area contributed by atoms with E-state index in [4.69, 9.17) is 5.41 Å². The SMILES string of the molecule is N=C1CC[C@]23CCC[C@H]2CC[C@]13O. The van der Waals surface area contributed by atoms with Crippen LogP contribution in [0.5, 0.6) is 0 Å². The average Bonchev–Trinajstić information content (AvgIpc) is 2.68. The van der Waals surface area contributed by atoms with E-state index in [0.717, 1.165) is 25.2 Å². The van der Waals surface area contributed by atoms with Crippen LogP contribution in [0.1, 0.15) is 44.9 Å². The van der Waals surface area contributed by atoms with Crippen molar-refractivity contribution in [1.82, 2.24) is 0 Å². The number of nitrogens with one attached hydrogen (secondary N) is 1. The minimum Gasteiger partial charge on any atom is -0.383 e. The second-order valence-electron chi connectivity index (χ2n) is 5.12. The van der Waals surface area contributed by atoms with Gasteiger partial charge in [0.25, 0.3) is 0 Å². The van der Waals surface area contributed by atoms with Gasteiger partial charge in [-0.1, -0.05) is 6.42 Å². The van der Waals surface area contributed by atoms with Gasteiger partial charge in [0.1, 0.15) is 5.60 Å². The Bertz CT molecular complexity index is 275. The summed E-state index contributed by atoms with van der Waals surface area (Å²) in [4.78, 5) is 0. The Labute approximate surface area is 78.9 Å². The highest BCUT2D eigenvalue weighted by molar-refractivity contribution is 5.93. The van der Waals surface area contributed by atoms with Crippen molar-refractivity contribution in [3.63, 3.8) is 0 Å². The van der Waals surface area contributed by atoms with Gasteiger partial charge in [0.2, 0.25) is 0 Å². The van der Waals surface area contributed by atoms with Crippen molar-refractivity contribution < 1.29 is 5.11 Å². The summed E-state index contributed by atoms with van der Waals surface area (Å²) in [5, 5.41) is 18.4. The van der Waals surface area contributed by atoms with Crippen molar-refractivity contribution in [3.05, 3.63) is 0 Å². The van der Waals surface area contributed by atoms with Gasteiger partial charge in [-0.3, -0.25) is 0 Å². The Morgan fingerprint density at radius 3 is 2.92 bits per heavy atom. The molecule has 0 heterocycles. The quantitative estimate of drug-likeness (QED) is 0.587. The van der Waals surface area contributed by atoms with E-state index in [2.05, 4.69) is 0 Å². The molecule has 0 aliphatic heterocycles. The van der Waals surface area contributed by atoms with Gasteiger partial charge in [0.05, 0.1) is 0 Å². The zero-order valence-corrected chi connectivity index (χ0v) is 7.97. The van der Waals surface area contributed by atoms with Gasteiger partial charge in [-0.15, -0.1) is 0 Å². The van der Waals surface area contributed by atoms with Crippen LogP contribution in [0.4, 0.5) is 0 Å². The molecule has 2 N–H and O–H groups in total. The van der Waals surface area contributed by atoms with Crippen molar-refractivity contribution in [2.75, 3.05) is 0 Å².